The molecule has 0 aliphatic rings. The van der Waals surface area contributed by atoms with Crippen molar-refractivity contribution in [2.24, 2.45) is 0 Å². The number of nitrogen functional groups attached to an aromatic ring is 1. The van der Waals surface area contributed by atoms with Crippen LogP contribution >= 0.6 is 34.5 Å². The van der Waals surface area contributed by atoms with Crippen LogP contribution in [0.1, 0.15) is 10.4 Å². The van der Waals surface area contributed by atoms with Gasteiger partial charge >= 0.3 is 0 Å². The third-order valence-corrected chi connectivity index (χ3v) is 3.71. The molecule has 1 aromatic heterocycles. The summed E-state index contributed by atoms with van der Waals surface area (Å²) < 4.78 is 26.9. The topological polar surface area (TPSA) is 55.1 Å². The molecule has 2 rings (SSSR count). The predicted molar refractivity (Wildman–Crippen MR) is 73.1 cm³/mol. The smallest absolute Gasteiger partial charge is 0.258 e. The highest BCUT2D eigenvalue weighted by Crippen LogP contribution is 2.32. The van der Waals surface area contributed by atoms with Gasteiger partial charge in [0, 0.05) is 6.07 Å². The monoisotopic (exact) mass is 322 g/mol. The number of carbonyl (C=O) groups is 1. The lowest BCUT2D eigenvalue weighted by molar-refractivity contribution is 0.102. The van der Waals surface area contributed by atoms with Crippen molar-refractivity contribution < 1.29 is 13.6 Å². The van der Waals surface area contributed by atoms with E-state index in [0.717, 1.165) is 17.4 Å². The van der Waals surface area contributed by atoms with Gasteiger partial charge in [-0.05, 0) is 12.1 Å². The van der Waals surface area contributed by atoms with Crippen molar-refractivity contribution >= 4 is 51.8 Å². The second kappa shape index (κ2) is 5.32. The van der Waals surface area contributed by atoms with Gasteiger partial charge in [-0.2, -0.15) is 0 Å². The first-order chi connectivity index (χ1) is 8.88. The largest absolute Gasteiger partial charge is 0.397 e. The van der Waals surface area contributed by atoms with Crippen molar-refractivity contribution in [1.29, 1.82) is 0 Å². The number of amides is 1. The van der Waals surface area contributed by atoms with Crippen LogP contribution in [0.15, 0.2) is 18.2 Å². The Morgan fingerprint density at radius 1 is 1.26 bits per heavy atom. The standard InChI is InChI=1S/C11H6Cl2F2N2OS/c12-8-3-5(10(13)19-8)11(18)17-9-6(15)1-4(14)2-7(9)16/h1-3H,16H2,(H,17,18). The van der Waals surface area contributed by atoms with Crippen LogP contribution in [0.4, 0.5) is 20.2 Å². The van der Waals surface area contributed by atoms with E-state index in [1.807, 2.05) is 0 Å². The molecule has 0 saturated carbocycles. The molecule has 100 valence electrons. The second-order valence-electron chi connectivity index (χ2n) is 3.54. The highest BCUT2D eigenvalue weighted by molar-refractivity contribution is 7.20. The van der Waals surface area contributed by atoms with Crippen LogP contribution in [-0.4, -0.2) is 5.91 Å². The van der Waals surface area contributed by atoms with Crippen molar-refractivity contribution in [1.82, 2.24) is 0 Å². The molecule has 19 heavy (non-hydrogen) atoms. The van der Waals surface area contributed by atoms with E-state index < -0.39 is 17.5 Å². The fraction of sp³-hybridized carbons (Fsp3) is 0. The minimum absolute atomic E-state index is 0.0970. The van der Waals surface area contributed by atoms with Crippen LogP contribution < -0.4 is 11.1 Å². The van der Waals surface area contributed by atoms with Crippen LogP contribution in [0, 0.1) is 11.6 Å². The van der Waals surface area contributed by atoms with Crippen molar-refractivity contribution in [2.75, 3.05) is 11.1 Å². The maximum Gasteiger partial charge on any atom is 0.258 e. The third-order valence-electron chi connectivity index (χ3n) is 2.23. The Morgan fingerprint density at radius 3 is 2.47 bits per heavy atom. The number of nitrogens with one attached hydrogen (secondary N) is 1. The van der Waals surface area contributed by atoms with Crippen LogP contribution in [0.3, 0.4) is 0 Å². The zero-order valence-corrected chi connectivity index (χ0v) is 11.5. The summed E-state index contributed by atoms with van der Waals surface area (Å²) in [6.45, 7) is 0. The summed E-state index contributed by atoms with van der Waals surface area (Å²) in [5.41, 5.74) is 5.02. The first-order valence-corrected chi connectivity index (χ1v) is 6.46. The highest BCUT2D eigenvalue weighted by Gasteiger charge is 2.18. The molecule has 1 heterocycles. The maximum absolute atomic E-state index is 13.5. The number of hydrogen-bond acceptors (Lipinski definition) is 3. The van der Waals surface area contributed by atoms with E-state index in [1.165, 1.54) is 6.07 Å². The average molecular weight is 323 g/mol. The number of rotatable bonds is 2. The SMILES string of the molecule is Nc1cc(F)cc(F)c1NC(=O)c1cc(Cl)sc1Cl. The Hall–Kier alpha value is -1.37. The Bertz CT molecular complexity index is 637. The Labute approximate surface area is 120 Å². The molecule has 0 radical (unpaired) electrons. The Kier molecular flexibility index (Phi) is 3.93. The van der Waals surface area contributed by atoms with E-state index in [9.17, 15) is 13.6 Å². The molecule has 8 heteroatoms. The lowest BCUT2D eigenvalue weighted by Gasteiger charge is -2.09. The van der Waals surface area contributed by atoms with Crippen LogP contribution in [0.5, 0.6) is 0 Å². The second-order valence-corrected chi connectivity index (χ2v) is 5.83. The number of carbonyl (C=O) groups excluding carboxylic acids is 1. The average Bonchev–Trinajstić information content (AvgIpc) is 2.62. The van der Waals surface area contributed by atoms with Gasteiger partial charge in [-0.1, -0.05) is 23.2 Å². The summed E-state index contributed by atoms with van der Waals surface area (Å²) in [4.78, 5) is 11.9. The summed E-state index contributed by atoms with van der Waals surface area (Å²) >= 11 is 12.5. The zero-order chi connectivity index (χ0) is 14.2. The third kappa shape index (κ3) is 2.97. The minimum atomic E-state index is -0.969. The Balaban J connectivity index is 2.32. The van der Waals surface area contributed by atoms with Gasteiger partial charge in [-0.25, -0.2) is 8.78 Å². The van der Waals surface area contributed by atoms with E-state index >= 15 is 0 Å². The van der Waals surface area contributed by atoms with E-state index in [1.54, 1.807) is 0 Å². The zero-order valence-electron chi connectivity index (χ0n) is 9.14. The molecular formula is C11H6Cl2F2N2OS. The molecule has 3 nitrogen and oxygen atoms in total. The van der Waals surface area contributed by atoms with Gasteiger partial charge in [0.25, 0.3) is 5.91 Å². The summed E-state index contributed by atoms with van der Waals surface area (Å²) in [6, 6.07) is 2.87. The van der Waals surface area contributed by atoms with Gasteiger partial charge in [0.2, 0.25) is 0 Å². The minimum Gasteiger partial charge on any atom is -0.397 e. The van der Waals surface area contributed by atoms with E-state index in [2.05, 4.69) is 5.32 Å². The summed E-state index contributed by atoms with van der Waals surface area (Å²) in [6.07, 6.45) is 0. The molecular weight excluding hydrogens is 317 g/mol. The van der Waals surface area contributed by atoms with Crippen LogP contribution in [0.2, 0.25) is 8.67 Å². The lowest BCUT2D eigenvalue weighted by Crippen LogP contribution is -2.14. The van der Waals surface area contributed by atoms with E-state index in [0.29, 0.717) is 10.4 Å². The normalized spacial score (nSPS) is 10.5. The molecule has 1 aromatic carbocycles. The highest BCUT2D eigenvalue weighted by atomic mass is 35.5. The number of hydrogen-bond donors (Lipinski definition) is 2. The molecule has 0 atom stereocenters. The van der Waals surface area contributed by atoms with Crippen molar-refractivity contribution in [3.05, 3.63) is 44.1 Å². The number of benzene rings is 1. The number of nitrogens with two attached hydrogens (primary N) is 1. The molecule has 0 aliphatic carbocycles. The summed E-state index contributed by atoms with van der Waals surface area (Å²) in [7, 11) is 0. The van der Waals surface area contributed by atoms with Gasteiger partial charge in [0.1, 0.15) is 15.8 Å². The summed E-state index contributed by atoms with van der Waals surface area (Å²) in [5.74, 6) is -2.47. The van der Waals surface area contributed by atoms with Crippen molar-refractivity contribution in [3.8, 4) is 0 Å². The number of thiophene rings is 1. The molecule has 0 saturated heterocycles. The van der Waals surface area contributed by atoms with Crippen molar-refractivity contribution in [3.63, 3.8) is 0 Å². The molecule has 3 N–H and O–H groups in total. The van der Waals surface area contributed by atoms with E-state index in [4.69, 9.17) is 28.9 Å². The molecule has 1 amide bonds. The lowest BCUT2D eigenvalue weighted by atomic mass is 10.2. The Morgan fingerprint density at radius 2 is 1.95 bits per heavy atom. The van der Waals surface area contributed by atoms with Gasteiger partial charge in [-0.15, -0.1) is 11.3 Å². The maximum atomic E-state index is 13.5. The van der Waals surface area contributed by atoms with Gasteiger partial charge in [0.15, 0.2) is 5.82 Å². The van der Waals surface area contributed by atoms with Crippen molar-refractivity contribution in [2.45, 2.75) is 0 Å². The fourth-order valence-electron chi connectivity index (χ4n) is 1.40. The number of anilines is 2. The molecule has 0 unspecified atom stereocenters. The van der Waals surface area contributed by atoms with Gasteiger partial charge in [0.05, 0.1) is 15.6 Å². The molecule has 0 aliphatic heterocycles. The molecule has 0 fully saturated rings. The first kappa shape index (κ1) is 14.0. The number of halogens is 4. The summed E-state index contributed by atoms with van der Waals surface area (Å²) in [5, 5.41) is 2.23. The molecule has 2 aromatic rings. The quantitative estimate of drug-likeness (QED) is 0.815. The first-order valence-electron chi connectivity index (χ1n) is 4.89. The molecule has 0 spiro atoms. The molecule has 0 bridgehead atoms. The van der Waals surface area contributed by atoms with Gasteiger partial charge in [-0.3, -0.25) is 4.79 Å². The van der Waals surface area contributed by atoms with Crippen LogP contribution in [0.25, 0.3) is 0 Å². The van der Waals surface area contributed by atoms with Gasteiger partial charge < -0.3 is 11.1 Å². The van der Waals surface area contributed by atoms with Crippen LogP contribution in [-0.2, 0) is 0 Å². The predicted octanol–water partition coefficient (Wildman–Crippen LogP) is 4.17. The van der Waals surface area contributed by atoms with E-state index in [-0.39, 0.29) is 21.3 Å². The fourth-order valence-corrected chi connectivity index (χ4v) is 2.86.